The molecule has 2 aliphatic heterocycles. The highest BCUT2D eigenvalue weighted by Gasteiger charge is 2.54. The molecule has 2 fully saturated rings. The number of halogens is 1. The number of benzene rings is 2. The van der Waals surface area contributed by atoms with Gasteiger partial charge >= 0.3 is 6.03 Å². The van der Waals surface area contributed by atoms with Gasteiger partial charge in [0.2, 0.25) is 5.91 Å². The summed E-state index contributed by atoms with van der Waals surface area (Å²) in [6.07, 6.45) is 0.239. The number of hydroxylamine groups is 2. The van der Waals surface area contributed by atoms with Gasteiger partial charge in [-0.25, -0.2) is 14.2 Å². The molecule has 1 spiro atoms. The minimum absolute atomic E-state index is 0.0944. The van der Waals surface area contributed by atoms with E-state index in [4.69, 9.17) is 4.84 Å². The van der Waals surface area contributed by atoms with E-state index in [9.17, 15) is 14.0 Å². The summed E-state index contributed by atoms with van der Waals surface area (Å²) in [5.74, 6) is -0.583. The van der Waals surface area contributed by atoms with Crippen LogP contribution in [0.15, 0.2) is 54.6 Å². The van der Waals surface area contributed by atoms with Crippen molar-refractivity contribution in [3.63, 3.8) is 0 Å². The zero-order chi connectivity index (χ0) is 18.1. The number of para-hydroxylation sites is 1. The Labute approximate surface area is 150 Å². The number of anilines is 1. The number of urea groups is 1. The minimum atomic E-state index is -0.668. The number of hydrogen-bond donors (Lipinski definition) is 1. The molecule has 4 rings (SSSR count). The minimum Gasteiger partial charge on any atom is -0.318 e. The van der Waals surface area contributed by atoms with E-state index in [2.05, 4.69) is 5.32 Å². The number of carbonyl (C=O) groups is 2. The van der Waals surface area contributed by atoms with E-state index in [1.54, 1.807) is 12.1 Å². The molecule has 2 saturated heterocycles. The van der Waals surface area contributed by atoms with Crippen molar-refractivity contribution in [2.45, 2.75) is 18.6 Å². The molecule has 0 atom stereocenters. The first kappa shape index (κ1) is 16.5. The molecular formula is C19H18FN3O3. The van der Waals surface area contributed by atoms with Crippen LogP contribution in [0.1, 0.15) is 12.0 Å². The highest BCUT2D eigenvalue weighted by Crippen LogP contribution is 2.36. The Morgan fingerprint density at radius 1 is 1.12 bits per heavy atom. The first-order chi connectivity index (χ1) is 12.5. The molecule has 0 saturated carbocycles. The second-order valence-electron chi connectivity index (χ2n) is 6.63. The predicted octanol–water partition coefficient (Wildman–Crippen LogP) is 2.78. The fraction of sp³-hybridized carbons (Fsp3) is 0.263. The summed E-state index contributed by atoms with van der Waals surface area (Å²) >= 11 is 0. The van der Waals surface area contributed by atoms with Crippen molar-refractivity contribution in [1.29, 1.82) is 0 Å². The zero-order valence-electron chi connectivity index (χ0n) is 14.0. The van der Waals surface area contributed by atoms with Crippen LogP contribution < -0.4 is 5.32 Å². The van der Waals surface area contributed by atoms with Crippen molar-refractivity contribution in [1.82, 2.24) is 9.96 Å². The Hall–Kier alpha value is -2.93. The van der Waals surface area contributed by atoms with Crippen molar-refractivity contribution >= 4 is 17.6 Å². The van der Waals surface area contributed by atoms with Gasteiger partial charge in [0.1, 0.15) is 11.4 Å². The Morgan fingerprint density at radius 3 is 2.54 bits per heavy atom. The van der Waals surface area contributed by atoms with Crippen molar-refractivity contribution in [3.05, 3.63) is 66.0 Å². The maximum Gasteiger partial charge on any atom is 0.322 e. The first-order valence-electron chi connectivity index (χ1n) is 8.39. The third-order valence-electron chi connectivity index (χ3n) is 4.59. The Balaban J connectivity index is 1.34. The number of likely N-dealkylation sites (tertiary alicyclic amines) is 1. The van der Waals surface area contributed by atoms with E-state index in [-0.39, 0.29) is 18.0 Å². The fourth-order valence-electron chi connectivity index (χ4n) is 3.27. The van der Waals surface area contributed by atoms with Gasteiger partial charge in [-0.15, -0.1) is 0 Å². The quantitative estimate of drug-likeness (QED) is 0.921. The van der Waals surface area contributed by atoms with E-state index in [0.29, 0.717) is 19.6 Å². The lowest BCUT2D eigenvalue weighted by Gasteiger charge is -2.45. The van der Waals surface area contributed by atoms with Crippen LogP contribution in [-0.4, -0.2) is 40.6 Å². The molecule has 3 amide bonds. The van der Waals surface area contributed by atoms with Gasteiger partial charge in [0.15, 0.2) is 0 Å². The number of nitrogens with one attached hydrogen (secondary N) is 1. The topological polar surface area (TPSA) is 61.9 Å². The summed E-state index contributed by atoms with van der Waals surface area (Å²) in [5.41, 5.74) is 0.442. The predicted molar refractivity (Wildman–Crippen MR) is 92.4 cm³/mol. The average Bonchev–Trinajstić information content (AvgIpc) is 2.93. The maximum absolute atomic E-state index is 13.6. The third-order valence-corrected chi connectivity index (χ3v) is 4.59. The Morgan fingerprint density at radius 2 is 1.81 bits per heavy atom. The van der Waals surface area contributed by atoms with Crippen LogP contribution in [0.5, 0.6) is 0 Å². The van der Waals surface area contributed by atoms with Crippen LogP contribution in [0.25, 0.3) is 0 Å². The van der Waals surface area contributed by atoms with Crippen LogP contribution in [0.2, 0.25) is 0 Å². The van der Waals surface area contributed by atoms with Gasteiger partial charge in [-0.3, -0.25) is 9.63 Å². The third kappa shape index (κ3) is 3.13. The standard InChI is InChI=1S/C19H18FN3O3/c20-15-8-4-5-9-16(15)21-18(25)22-12-19(13-22)10-17(24)23(26-19)11-14-6-2-1-3-7-14/h1-9H,10-13H2,(H,21,25). The molecular weight excluding hydrogens is 337 g/mol. The molecule has 134 valence electrons. The van der Waals surface area contributed by atoms with Crippen LogP contribution >= 0.6 is 0 Å². The summed E-state index contributed by atoms with van der Waals surface area (Å²) in [4.78, 5) is 31.8. The van der Waals surface area contributed by atoms with Gasteiger partial charge < -0.3 is 10.2 Å². The lowest BCUT2D eigenvalue weighted by atomic mass is 9.91. The number of nitrogens with zero attached hydrogens (tertiary/aromatic N) is 2. The van der Waals surface area contributed by atoms with E-state index in [1.165, 1.54) is 22.1 Å². The van der Waals surface area contributed by atoms with Gasteiger partial charge in [-0.2, -0.15) is 0 Å². The van der Waals surface area contributed by atoms with E-state index in [0.717, 1.165) is 5.56 Å². The summed E-state index contributed by atoms with van der Waals surface area (Å²) in [6, 6.07) is 15.2. The fourth-order valence-corrected chi connectivity index (χ4v) is 3.27. The monoisotopic (exact) mass is 355 g/mol. The molecule has 0 radical (unpaired) electrons. The summed E-state index contributed by atoms with van der Waals surface area (Å²) in [7, 11) is 0. The number of hydrogen-bond acceptors (Lipinski definition) is 3. The van der Waals surface area contributed by atoms with Crippen molar-refractivity contribution in [2.75, 3.05) is 18.4 Å². The van der Waals surface area contributed by atoms with Gasteiger partial charge in [-0.05, 0) is 17.7 Å². The van der Waals surface area contributed by atoms with E-state index in [1.807, 2.05) is 30.3 Å². The Kier molecular flexibility index (Phi) is 4.08. The normalized spacial score (nSPS) is 18.1. The summed E-state index contributed by atoms with van der Waals surface area (Å²) in [6.45, 7) is 0.970. The number of carbonyl (C=O) groups excluding carboxylic acids is 2. The molecule has 1 N–H and O–H groups in total. The lowest BCUT2D eigenvalue weighted by molar-refractivity contribution is -0.232. The second kappa shape index (κ2) is 6.42. The lowest BCUT2D eigenvalue weighted by Crippen LogP contribution is -2.64. The van der Waals surface area contributed by atoms with E-state index < -0.39 is 17.4 Å². The summed E-state index contributed by atoms with van der Waals surface area (Å²) in [5, 5.41) is 3.90. The van der Waals surface area contributed by atoms with Crippen LogP contribution in [0.4, 0.5) is 14.9 Å². The molecule has 2 aromatic carbocycles. The van der Waals surface area contributed by atoms with Crippen molar-refractivity contribution in [2.24, 2.45) is 0 Å². The summed E-state index contributed by atoms with van der Waals surface area (Å²) < 4.78 is 13.6. The number of rotatable bonds is 3. The molecule has 2 aliphatic rings. The van der Waals surface area contributed by atoms with Gasteiger partial charge in [0.05, 0.1) is 31.7 Å². The van der Waals surface area contributed by atoms with Crippen molar-refractivity contribution in [3.8, 4) is 0 Å². The molecule has 26 heavy (non-hydrogen) atoms. The van der Waals surface area contributed by atoms with Gasteiger partial charge in [0, 0.05) is 0 Å². The SMILES string of the molecule is O=C(Nc1ccccc1F)N1CC2(CC(=O)N(Cc3ccccc3)O2)C1. The zero-order valence-corrected chi connectivity index (χ0v) is 14.0. The van der Waals surface area contributed by atoms with E-state index >= 15 is 0 Å². The highest BCUT2D eigenvalue weighted by molar-refractivity contribution is 5.90. The Bertz CT molecular complexity index is 837. The smallest absolute Gasteiger partial charge is 0.318 e. The molecule has 7 heteroatoms. The first-order valence-corrected chi connectivity index (χ1v) is 8.39. The average molecular weight is 355 g/mol. The van der Waals surface area contributed by atoms with Crippen molar-refractivity contribution < 1.29 is 18.8 Å². The second-order valence-corrected chi connectivity index (χ2v) is 6.63. The van der Waals surface area contributed by atoms with Crippen LogP contribution in [-0.2, 0) is 16.2 Å². The molecule has 0 aromatic heterocycles. The molecule has 0 aliphatic carbocycles. The maximum atomic E-state index is 13.6. The van der Waals surface area contributed by atoms with Gasteiger partial charge in [-0.1, -0.05) is 42.5 Å². The van der Waals surface area contributed by atoms with Crippen LogP contribution in [0.3, 0.4) is 0 Å². The number of amides is 3. The highest BCUT2D eigenvalue weighted by atomic mass is 19.1. The molecule has 2 aromatic rings. The molecule has 6 nitrogen and oxygen atoms in total. The van der Waals surface area contributed by atoms with Crippen LogP contribution in [0, 0.1) is 5.82 Å². The largest absolute Gasteiger partial charge is 0.322 e. The van der Waals surface area contributed by atoms with Gasteiger partial charge in [0.25, 0.3) is 0 Å². The molecule has 0 unspecified atom stereocenters. The molecule has 2 heterocycles. The molecule has 0 bridgehead atoms.